The quantitative estimate of drug-likeness (QED) is 0.777. The van der Waals surface area contributed by atoms with Gasteiger partial charge in [0.25, 0.3) is 0 Å². The molecule has 1 aliphatic rings. The zero-order chi connectivity index (χ0) is 15.8. The summed E-state index contributed by atoms with van der Waals surface area (Å²) in [4.78, 5) is 24.1. The first-order valence-electron chi connectivity index (χ1n) is 7.81. The molecule has 1 amide bonds. The monoisotopic (exact) mass is 304 g/mol. The standard InChI is InChI=1S/C17H24N2O3/c1-22-17(21)15(11-13-5-3-2-4-6-13)19-16(20)12-14-7-9-18-10-8-14/h2-6,14-15,18H,7-12H2,1H3,(H,19,20). The third-order valence-corrected chi connectivity index (χ3v) is 4.04. The fourth-order valence-corrected chi connectivity index (χ4v) is 2.79. The van der Waals surface area contributed by atoms with Gasteiger partial charge in [0.15, 0.2) is 0 Å². The number of esters is 1. The highest BCUT2D eigenvalue weighted by molar-refractivity contribution is 5.84. The first kappa shape index (κ1) is 16.5. The number of benzene rings is 1. The fourth-order valence-electron chi connectivity index (χ4n) is 2.79. The van der Waals surface area contributed by atoms with Gasteiger partial charge in [-0.05, 0) is 37.4 Å². The van der Waals surface area contributed by atoms with Crippen LogP contribution in [0.1, 0.15) is 24.8 Å². The van der Waals surface area contributed by atoms with E-state index in [1.807, 2.05) is 30.3 Å². The van der Waals surface area contributed by atoms with Crippen molar-refractivity contribution in [2.24, 2.45) is 5.92 Å². The molecule has 0 saturated carbocycles. The second kappa shape index (κ2) is 8.54. The normalized spacial score (nSPS) is 16.8. The molecule has 2 rings (SSSR count). The molecule has 1 heterocycles. The lowest BCUT2D eigenvalue weighted by molar-refractivity contribution is -0.145. The first-order chi connectivity index (χ1) is 10.7. The zero-order valence-electron chi connectivity index (χ0n) is 13.0. The average Bonchev–Trinajstić information content (AvgIpc) is 2.55. The smallest absolute Gasteiger partial charge is 0.328 e. The highest BCUT2D eigenvalue weighted by Gasteiger charge is 2.24. The summed E-state index contributed by atoms with van der Waals surface area (Å²) in [5.74, 6) is -0.0722. The van der Waals surface area contributed by atoms with E-state index in [-0.39, 0.29) is 5.91 Å². The summed E-state index contributed by atoms with van der Waals surface area (Å²) in [6.07, 6.45) is 2.94. The Balaban J connectivity index is 1.91. The van der Waals surface area contributed by atoms with E-state index in [0.29, 0.717) is 18.8 Å². The Morgan fingerprint density at radius 2 is 1.95 bits per heavy atom. The summed E-state index contributed by atoms with van der Waals surface area (Å²) in [6, 6.07) is 9.01. The fraction of sp³-hybridized carbons (Fsp3) is 0.529. The molecule has 1 aromatic rings. The molecule has 1 unspecified atom stereocenters. The van der Waals surface area contributed by atoms with Crippen molar-refractivity contribution in [3.63, 3.8) is 0 Å². The molecular formula is C17H24N2O3. The van der Waals surface area contributed by atoms with E-state index >= 15 is 0 Å². The number of carbonyl (C=O) groups is 2. The van der Waals surface area contributed by atoms with Crippen LogP contribution in [0.25, 0.3) is 0 Å². The maximum atomic E-state index is 12.2. The minimum atomic E-state index is -0.624. The van der Waals surface area contributed by atoms with Crippen LogP contribution in [-0.2, 0) is 20.7 Å². The average molecular weight is 304 g/mol. The predicted octanol–water partition coefficient (Wildman–Crippen LogP) is 1.28. The second-order valence-electron chi connectivity index (χ2n) is 5.73. The zero-order valence-corrected chi connectivity index (χ0v) is 13.0. The van der Waals surface area contributed by atoms with Gasteiger partial charge in [0.1, 0.15) is 6.04 Å². The predicted molar refractivity (Wildman–Crippen MR) is 84.3 cm³/mol. The summed E-state index contributed by atoms with van der Waals surface area (Å²) in [5.41, 5.74) is 1.00. The van der Waals surface area contributed by atoms with Gasteiger partial charge in [0.2, 0.25) is 5.91 Å². The Bertz CT molecular complexity index is 484. The third kappa shape index (κ3) is 5.15. The molecule has 5 heteroatoms. The lowest BCUT2D eigenvalue weighted by Crippen LogP contribution is -2.44. The van der Waals surface area contributed by atoms with Crippen molar-refractivity contribution in [2.45, 2.75) is 31.7 Å². The Kier molecular flexibility index (Phi) is 6.40. The van der Waals surface area contributed by atoms with Gasteiger partial charge < -0.3 is 15.4 Å². The Morgan fingerprint density at radius 1 is 1.27 bits per heavy atom. The van der Waals surface area contributed by atoms with Crippen molar-refractivity contribution in [3.8, 4) is 0 Å². The minimum Gasteiger partial charge on any atom is -0.467 e. The largest absolute Gasteiger partial charge is 0.467 e. The molecule has 1 fully saturated rings. The molecule has 0 bridgehead atoms. The molecule has 1 atom stereocenters. The molecular weight excluding hydrogens is 280 g/mol. The lowest BCUT2D eigenvalue weighted by Gasteiger charge is -2.23. The van der Waals surface area contributed by atoms with Gasteiger partial charge in [-0.3, -0.25) is 4.79 Å². The van der Waals surface area contributed by atoms with Gasteiger partial charge in [-0.15, -0.1) is 0 Å². The Morgan fingerprint density at radius 3 is 2.59 bits per heavy atom. The topological polar surface area (TPSA) is 67.4 Å². The van der Waals surface area contributed by atoms with Crippen LogP contribution in [0.5, 0.6) is 0 Å². The van der Waals surface area contributed by atoms with Crippen LogP contribution < -0.4 is 10.6 Å². The Labute approximate surface area is 131 Å². The van der Waals surface area contributed by atoms with Crippen molar-refractivity contribution in [2.75, 3.05) is 20.2 Å². The minimum absolute atomic E-state index is 0.0711. The number of amides is 1. The maximum absolute atomic E-state index is 12.2. The van der Waals surface area contributed by atoms with Gasteiger partial charge in [-0.25, -0.2) is 4.79 Å². The van der Waals surface area contributed by atoms with Crippen molar-refractivity contribution in [3.05, 3.63) is 35.9 Å². The van der Waals surface area contributed by atoms with E-state index in [1.165, 1.54) is 7.11 Å². The number of hydrogen-bond acceptors (Lipinski definition) is 4. The van der Waals surface area contributed by atoms with Crippen LogP contribution in [0.2, 0.25) is 0 Å². The van der Waals surface area contributed by atoms with E-state index < -0.39 is 12.0 Å². The van der Waals surface area contributed by atoms with Crippen molar-refractivity contribution in [1.82, 2.24) is 10.6 Å². The van der Waals surface area contributed by atoms with Crippen LogP contribution >= 0.6 is 0 Å². The van der Waals surface area contributed by atoms with E-state index in [2.05, 4.69) is 10.6 Å². The third-order valence-electron chi connectivity index (χ3n) is 4.04. The molecule has 0 radical (unpaired) electrons. The van der Waals surface area contributed by atoms with Gasteiger partial charge in [0, 0.05) is 12.8 Å². The summed E-state index contributed by atoms with van der Waals surface area (Å²) < 4.78 is 4.81. The highest BCUT2D eigenvalue weighted by atomic mass is 16.5. The molecule has 1 saturated heterocycles. The van der Waals surface area contributed by atoms with Crippen LogP contribution in [0.3, 0.4) is 0 Å². The van der Waals surface area contributed by atoms with Crippen molar-refractivity contribution >= 4 is 11.9 Å². The van der Waals surface area contributed by atoms with Gasteiger partial charge in [-0.1, -0.05) is 30.3 Å². The van der Waals surface area contributed by atoms with Crippen LogP contribution in [-0.4, -0.2) is 38.1 Å². The molecule has 0 spiro atoms. The molecule has 1 aromatic carbocycles. The second-order valence-corrected chi connectivity index (χ2v) is 5.73. The molecule has 120 valence electrons. The molecule has 0 aromatic heterocycles. The van der Waals surface area contributed by atoms with Crippen LogP contribution in [0, 0.1) is 5.92 Å². The highest BCUT2D eigenvalue weighted by Crippen LogP contribution is 2.16. The number of carbonyl (C=O) groups excluding carboxylic acids is 2. The van der Waals surface area contributed by atoms with E-state index in [1.54, 1.807) is 0 Å². The Hall–Kier alpha value is -1.88. The number of methoxy groups -OCH3 is 1. The van der Waals surface area contributed by atoms with Gasteiger partial charge in [-0.2, -0.15) is 0 Å². The number of nitrogens with one attached hydrogen (secondary N) is 2. The van der Waals surface area contributed by atoms with E-state index in [9.17, 15) is 9.59 Å². The van der Waals surface area contributed by atoms with Crippen molar-refractivity contribution < 1.29 is 14.3 Å². The molecule has 5 nitrogen and oxygen atoms in total. The lowest BCUT2D eigenvalue weighted by atomic mass is 9.94. The number of hydrogen-bond donors (Lipinski definition) is 2. The van der Waals surface area contributed by atoms with Crippen molar-refractivity contribution in [1.29, 1.82) is 0 Å². The molecule has 0 aliphatic carbocycles. The maximum Gasteiger partial charge on any atom is 0.328 e. The summed E-state index contributed by atoms with van der Waals surface area (Å²) in [7, 11) is 1.35. The molecule has 22 heavy (non-hydrogen) atoms. The number of piperidine rings is 1. The number of ether oxygens (including phenoxy) is 1. The summed E-state index contributed by atoms with van der Waals surface area (Å²) >= 11 is 0. The summed E-state index contributed by atoms with van der Waals surface area (Å²) in [6.45, 7) is 1.92. The van der Waals surface area contributed by atoms with Crippen LogP contribution in [0.15, 0.2) is 30.3 Å². The SMILES string of the molecule is COC(=O)C(Cc1ccccc1)NC(=O)CC1CCNCC1. The summed E-state index contributed by atoms with van der Waals surface area (Å²) in [5, 5.41) is 6.11. The van der Waals surface area contributed by atoms with Gasteiger partial charge in [0.05, 0.1) is 7.11 Å². The molecule has 2 N–H and O–H groups in total. The van der Waals surface area contributed by atoms with Gasteiger partial charge >= 0.3 is 5.97 Å². The van der Waals surface area contributed by atoms with E-state index in [0.717, 1.165) is 31.5 Å². The first-order valence-corrected chi connectivity index (χ1v) is 7.81. The van der Waals surface area contributed by atoms with E-state index in [4.69, 9.17) is 4.74 Å². The molecule has 1 aliphatic heterocycles. The number of rotatable bonds is 6. The van der Waals surface area contributed by atoms with Crippen LogP contribution in [0.4, 0.5) is 0 Å².